The van der Waals surface area contributed by atoms with E-state index in [1.165, 1.54) is 4.90 Å². The molecule has 3 nitrogen and oxygen atoms in total. The van der Waals surface area contributed by atoms with Crippen LogP contribution in [0.15, 0.2) is 71.6 Å². The quantitative estimate of drug-likeness (QED) is 0.545. The molecule has 0 N–H and O–H groups in total. The van der Waals surface area contributed by atoms with Gasteiger partial charge in [-0.3, -0.25) is 14.5 Å². The van der Waals surface area contributed by atoms with Crippen molar-refractivity contribution in [3.8, 4) is 0 Å². The number of hydrogen-bond acceptors (Lipinski definition) is 3. The minimum absolute atomic E-state index is 0.259. The third kappa shape index (κ3) is 3.26. The molecule has 1 heterocycles. The number of imide groups is 1. The summed E-state index contributed by atoms with van der Waals surface area (Å²) in [5.74, 6) is -0.284. The van der Waals surface area contributed by atoms with Gasteiger partial charge in [0.1, 0.15) is 0 Å². The van der Waals surface area contributed by atoms with E-state index in [9.17, 15) is 9.59 Å². The van der Waals surface area contributed by atoms with E-state index in [1.54, 1.807) is 12.1 Å². The van der Waals surface area contributed by atoms with E-state index in [2.05, 4.69) is 0 Å². The van der Waals surface area contributed by atoms with Crippen LogP contribution >= 0.6 is 23.4 Å². The molecule has 0 aromatic heterocycles. The lowest BCUT2D eigenvalue weighted by atomic mass is 10.1. The van der Waals surface area contributed by atoms with Crippen LogP contribution in [0.5, 0.6) is 0 Å². The summed E-state index contributed by atoms with van der Waals surface area (Å²) < 4.78 is 0. The average Bonchev–Trinajstić information content (AvgIpc) is 2.91. The number of fused-ring (bicyclic) bond motifs is 1. The van der Waals surface area contributed by atoms with E-state index < -0.39 is 0 Å². The van der Waals surface area contributed by atoms with Gasteiger partial charge in [-0.2, -0.15) is 0 Å². The van der Waals surface area contributed by atoms with Crippen LogP contribution in [-0.2, 0) is 11.3 Å². The van der Waals surface area contributed by atoms with Crippen molar-refractivity contribution in [2.24, 2.45) is 0 Å². The summed E-state index contributed by atoms with van der Waals surface area (Å²) in [6.45, 7) is 0.259. The third-order valence-electron chi connectivity index (χ3n) is 4.22. The molecule has 26 heavy (non-hydrogen) atoms. The Kier molecular flexibility index (Phi) is 4.53. The largest absolute Gasteiger partial charge is 0.293 e. The molecule has 0 radical (unpaired) electrons. The fraction of sp³-hybridized carbons (Fsp3) is 0.0476. The van der Waals surface area contributed by atoms with Crippen molar-refractivity contribution >= 4 is 51.4 Å². The highest BCUT2D eigenvalue weighted by Crippen LogP contribution is 2.34. The Labute approximate surface area is 160 Å². The highest BCUT2D eigenvalue weighted by atomic mass is 35.5. The molecule has 128 valence electrons. The van der Waals surface area contributed by atoms with Gasteiger partial charge in [0.2, 0.25) is 0 Å². The molecule has 3 aromatic carbocycles. The number of rotatable bonds is 3. The van der Waals surface area contributed by atoms with Crippen LogP contribution in [0.1, 0.15) is 11.1 Å². The predicted octanol–water partition coefficient (Wildman–Crippen LogP) is 5.73. The third-order valence-corrected chi connectivity index (χ3v) is 5.47. The number of amides is 2. The van der Waals surface area contributed by atoms with Crippen LogP contribution in [0.2, 0.25) is 5.02 Å². The smallest absolute Gasteiger partial charge is 0.268 e. The van der Waals surface area contributed by atoms with Crippen molar-refractivity contribution in [1.29, 1.82) is 0 Å². The Morgan fingerprint density at radius 2 is 1.65 bits per heavy atom. The summed E-state index contributed by atoms with van der Waals surface area (Å²) in [6, 6.07) is 21.2. The summed E-state index contributed by atoms with van der Waals surface area (Å²) in [5.41, 5.74) is 1.65. The number of hydrogen-bond donors (Lipinski definition) is 0. The molecule has 3 aromatic rings. The van der Waals surface area contributed by atoms with Gasteiger partial charge >= 0.3 is 0 Å². The molecule has 1 fully saturated rings. The summed E-state index contributed by atoms with van der Waals surface area (Å²) in [7, 11) is 0. The Hall–Kier alpha value is -2.56. The van der Waals surface area contributed by atoms with Gasteiger partial charge in [0.25, 0.3) is 11.1 Å². The molecule has 1 aliphatic rings. The molecule has 1 aliphatic heterocycles. The molecular formula is C21H14ClNO2S. The van der Waals surface area contributed by atoms with E-state index in [0.29, 0.717) is 9.93 Å². The van der Waals surface area contributed by atoms with Crippen molar-refractivity contribution < 1.29 is 9.59 Å². The zero-order valence-corrected chi connectivity index (χ0v) is 15.3. The van der Waals surface area contributed by atoms with Crippen LogP contribution < -0.4 is 0 Å². The Morgan fingerprint density at radius 3 is 2.46 bits per heavy atom. The number of carbonyl (C=O) groups excluding carboxylic acids is 2. The molecule has 0 unspecified atom stereocenters. The lowest BCUT2D eigenvalue weighted by Gasteiger charge is -2.13. The first kappa shape index (κ1) is 16.9. The van der Waals surface area contributed by atoms with Crippen LogP contribution in [-0.4, -0.2) is 16.0 Å². The molecule has 0 atom stereocenters. The maximum absolute atomic E-state index is 12.7. The van der Waals surface area contributed by atoms with Gasteiger partial charge < -0.3 is 0 Å². The van der Waals surface area contributed by atoms with E-state index >= 15 is 0 Å². The fourth-order valence-electron chi connectivity index (χ4n) is 2.89. The van der Waals surface area contributed by atoms with Gasteiger partial charge in [-0.05, 0) is 51.9 Å². The van der Waals surface area contributed by atoms with Crippen LogP contribution in [0, 0.1) is 0 Å². The second-order valence-corrected chi connectivity index (χ2v) is 7.37. The zero-order chi connectivity index (χ0) is 18.1. The molecule has 0 spiro atoms. The predicted molar refractivity (Wildman–Crippen MR) is 107 cm³/mol. The molecule has 1 saturated heterocycles. The summed E-state index contributed by atoms with van der Waals surface area (Å²) in [5, 5.41) is 2.50. The Balaban J connectivity index is 1.60. The van der Waals surface area contributed by atoms with Gasteiger partial charge in [-0.25, -0.2) is 0 Å². The molecule has 2 amide bonds. The molecule has 5 heteroatoms. The first-order chi connectivity index (χ1) is 12.6. The second-order valence-electron chi connectivity index (χ2n) is 5.97. The molecule has 0 aliphatic carbocycles. The number of halogens is 1. The van der Waals surface area contributed by atoms with Crippen molar-refractivity contribution in [3.05, 3.63) is 87.8 Å². The zero-order valence-electron chi connectivity index (χ0n) is 13.7. The minimum Gasteiger partial charge on any atom is -0.268 e. The average molecular weight is 380 g/mol. The van der Waals surface area contributed by atoms with E-state index in [-0.39, 0.29) is 17.7 Å². The van der Waals surface area contributed by atoms with Crippen molar-refractivity contribution in [1.82, 2.24) is 4.90 Å². The summed E-state index contributed by atoms with van der Waals surface area (Å²) >= 11 is 7.09. The van der Waals surface area contributed by atoms with Crippen LogP contribution in [0.4, 0.5) is 4.79 Å². The standard InChI is InChI=1S/C21H14ClNO2S/c22-18-8-4-3-7-17(18)12-19-20(24)23(21(25)26-19)13-14-9-10-15-5-1-2-6-16(15)11-14/h1-12H,13H2/b19-12-. The van der Waals surface area contributed by atoms with Crippen LogP contribution in [0.25, 0.3) is 16.8 Å². The van der Waals surface area contributed by atoms with Crippen LogP contribution in [0.3, 0.4) is 0 Å². The molecule has 0 saturated carbocycles. The Bertz CT molecular complexity index is 1060. The maximum atomic E-state index is 12.7. The summed E-state index contributed by atoms with van der Waals surface area (Å²) in [4.78, 5) is 26.7. The van der Waals surface area contributed by atoms with Gasteiger partial charge in [0.05, 0.1) is 11.4 Å². The highest BCUT2D eigenvalue weighted by molar-refractivity contribution is 8.18. The van der Waals surface area contributed by atoms with Crippen molar-refractivity contribution in [2.75, 3.05) is 0 Å². The van der Waals surface area contributed by atoms with Gasteiger partial charge in [0, 0.05) is 5.02 Å². The lowest BCUT2D eigenvalue weighted by molar-refractivity contribution is -0.123. The minimum atomic E-state index is -0.284. The topological polar surface area (TPSA) is 37.4 Å². The normalized spacial score (nSPS) is 16.0. The number of nitrogens with zero attached hydrogens (tertiary/aromatic N) is 1. The van der Waals surface area contributed by atoms with Gasteiger partial charge in [0.15, 0.2) is 0 Å². The van der Waals surface area contributed by atoms with Crippen molar-refractivity contribution in [3.63, 3.8) is 0 Å². The van der Waals surface area contributed by atoms with Crippen molar-refractivity contribution in [2.45, 2.75) is 6.54 Å². The maximum Gasteiger partial charge on any atom is 0.293 e. The van der Waals surface area contributed by atoms with Gasteiger partial charge in [-0.1, -0.05) is 66.2 Å². The molecule has 0 bridgehead atoms. The highest BCUT2D eigenvalue weighted by Gasteiger charge is 2.35. The van der Waals surface area contributed by atoms with E-state index in [1.807, 2.05) is 60.7 Å². The van der Waals surface area contributed by atoms with E-state index in [0.717, 1.165) is 33.7 Å². The number of benzene rings is 3. The molecular weight excluding hydrogens is 366 g/mol. The monoisotopic (exact) mass is 379 g/mol. The van der Waals surface area contributed by atoms with Gasteiger partial charge in [-0.15, -0.1) is 0 Å². The molecule has 4 rings (SSSR count). The fourth-order valence-corrected chi connectivity index (χ4v) is 3.91. The summed E-state index contributed by atoms with van der Waals surface area (Å²) in [6.07, 6.45) is 1.67. The lowest BCUT2D eigenvalue weighted by Crippen LogP contribution is -2.27. The number of thioether (sulfide) groups is 1. The Morgan fingerprint density at radius 1 is 0.923 bits per heavy atom. The first-order valence-corrected chi connectivity index (χ1v) is 9.29. The van der Waals surface area contributed by atoms with E-state index in [4.69, 9.17) is 11.6 Å². The number of carbonyl (C=O) groups is 2. The second kappa shape index (κ2) is 6.98. The SMILES string of the molecule is O=C1S/C(=C\c2ccccc2Cl)C(=O)N1Cc1ccc2ccccc2c1. The first-order valence-electron chi connectivity index (χ1n) is 8.09.